The van der Waals surface area contributed by atoms with Gasteiger partial charge in [0.25, 0.3) is 0 Å². The molecule has 1 atom stereocenters. The number of nitrogens with one attached hydrogen (secondary N) is 1. The molecule has 0 aromatic heterocycles. The zero-order chi connectivity index (χ0) is 12.3. The first-order valence-electron chi connectivity index (χ1n) is 5.51. The lowest BCUT2D eigenvalue weighted by Gasteiger charge is -2.31. The molecule has 0 aliphatic carbocycles. The molecule has 2 heteroatoms. The van der Waals surface area contributed by atoms with Crippen molar-refractivity contribution in [3.8, 4) is 0 Å². The molecule has 0 aliphatic rings. The summed E-state index contributed by atoms with van der Waals surface area (Å²) in [5, 5.41) is 3.34. The Kier molecular flexibility index (Phi) is 4.72. The van der Waals surface area contributed by atoms with E-state index in [1.807, 2.05) is 20.8 Å². The van der Waals surface area contributed by atoms with E-state index >= 15 is 0 Å². The van der Waals surface area contributed by atoms with Gasteiger partial charge in [-0.15, -0.1) is 6.58 Å². The van der Waals surface area contributed by atoms with Crippen molar-refractivity contribution in [1.82, 2.24) is 5.32 Å². The number of carbonyl (C=O) groups is 1. The summed E-state index contributed by atoms with van der Waals surface area (Å²) in [6.45, 7) is 15.8. The van der Waals surface area contributed by atoms with Crippen LogP contribution in [0.1, 0.15) is 48.0 Å². The molecule has 0 aliphatic heterocycles. The Morgan fingerprint density at radius 2 is 1.73 bits per heavy atom. The van der Waals surface area contributed by atoms with Gasteiger partial charge in [0.15, 0.2) is 5.78 Å². The molecule has 0 rings (SSSR count). The van der Waals surface area contributed by atoms with Crippen LogP contribution in [0.25, 0.3) is 0 Å². The SMILES string of the molecule is C=CC[C@H](NC(C)(C)C)C(=O)C(C)(C)C. The number of hydrogen-bond donors (Lipinski definition) is 1. The summed E-state index contributed by atoms with van der Waals surface area (Å²) >= 11 is 0. The van der Waals surface area contributed by atoms with Gasteiger partial charge in [-0.05, 0) is 27.2 Å². The van der Waals surface area contributed by atoms with E-state index in [9.17, 15) is 4.79 Å². The third-order valence-electron chi connectivity index (χ3n) is 2.07. The molecule has 0 amide bonds. The molecule has 15 heavy (non-hydrogen) atoms. The Morgan fingerprint density at radius 3 is 2.00 bits per heavy atom. The van der Waals surface area contributed by atoms with E-state index in [4.69, 9.17) is 0 Å². The number of rotatable bonds is 4. The minimum Gasteiger partial charge on any atom is -0.302 e. The molecule has 0 radical (unpaired) electrons. The van der Waals surface area contributed by atoms with Crippen LogP contribution in [0.3, 0.4) is 0 Å². The Morgan fingerprint density at radius 1 is 1.27 bits per heavy atom. The minimum absolute atomic E-state index is 0.0470. The van der Waals surface area contributed by atoms with Crippen molar-refractivity contribution in [3.63, 3.8) is 0 Å². The fraction of sp³-hybridized carbons (Fsp3) is 0.769. The Balaban J connectivity index is 4.67. The number of Topliss-reactive ketones (excluding diaryl/α,β-unsaturated/α-hetero) is 1. The molecule has 0 unspecified atom stereocenters. The van der Waals surface area contributed by atoms with Gasteiger partial charge in [-0.1, -0.05) is 26.8 Å². The average molecular weight is 211 g/mol. The highest BCUT2D eigenvalue weighted by Crippen LogP contribution is 2.19. The van der Waals surface area contributed by atoms with E-state index in [0.29, 0.717) is 6.42 Å². The first kappa shape index (κ1) is 14.4. The molecular weight excluding hydrogens is 186 g/mol. The van der Waals surface area contributed by atoms with Crippen molar-refractivity contribution in [2.24, 2.45) is 5.41 Å². The van der Waals surface area contributed by atoms with Gasteiger partial charge in [0.2, 0.25) is 0 Å². The van der Waals surface area contributed by atoms with E-state index in [1.165, 1.54) is 0 Å². The average Bonchev–Trinajstić information content (AvgIpc) is 1.98. The lowest BCUT2D eigenvalue weighted by atomic mass is 9.84. The van der Waals surface area contributed by atoms with Crippen molar-refractivity contribution < 1.29 is 4.79 Å². The second-order valence-electron chi connectivity index (χ2n) is 6.09. The second kappa shape index (κ2) is 4.93. The zero-order valence-corrected chi connectivity index (χ0v) is 11.0. The highest BCUT2D eigenvalue weighted by molar-refractivity contribution is 5.88. The van der Waals surface area contributed by atoms with Crippen LogP contribution >= 0.6 is 0 Å². The van der Waals surface area contributed by atoms with Crippen LogP contribution in [0.4, 0.5) is 0 Å². The van der Waals surface area contributed by atoms with Gasteiger partial charge in [0.05, 0.1) is 6.04 Å². The fourth-order valence-electron chi connectivity index (χ4n) is 1.44. The van der Waals surface area contributed by atoms with Gasteiger partial charge in [-0.2, -0.15) is 0 Å². The van der Waals surface area contributed by atoms with Gasteiger partial charge in [-0.25, -0.2) is 0 Å². The van der Waals surface area contributed by atoms with Gasteiger partial charge >= 0.3 is 0 Å². The van der Waals surface area contributed by atoms with Crippen LogP contribution < -0.4 is 5.32 Å². The zero-order valence-electron chi connectivity index (χ0n) is 11.0. The molecule has 0 fully saturated rings. The molecule has 0 spiro atoms. The standard InChI is InChI=1S/C13H25NO/c1-8-9-10(14-13(5,6)7)11(15)12(2,3)4/h8,10,14H,1,9H2,2-7H3/t10-/m0/s1. The van der Waals surface area contributed by atoms with Crippen molar-refractivity contribution in [2.45, 2.75) is 59.5 Å². The van der Waals surface area contributed by atoms with Crippen LogP contribution in [-0.2, 0) is 4.79 Å². The molecule has 0 saturated carbocycles. The maximum absolute atomic E-state index is 12.1. The molecule has 0 saturated heterocycles. The third kappa shape index (κ3) is 5.73. The largest absolute Gasteiger partial charge is 0.302 e. The maximum Gasteiger partial charge on any atom is 0.155 e. The number of hydrogen-bond acceptors (Lipinski definition) is 2. The quantitative estimate of drug-likeness (QED) is 0.724. The minimum atomic E-state index is -0.300. The fourth-order valence-corrected chi connectivity index (χ4v) is 1.44. The molecule has 2 nitrogen and oxygen atoms in total. The van der Waals surface area contributed by atoms with Gasteiger partial charge in [-0.3, -0.25) is 4.79 Å². The summed E-state index contributed by atoms with van der Waals surface area (Å²) in [5.41, 5.74) is -0.347. The van der Waals surface area contributed by atoms with E-state index < -0.39 is 0 Å². The monoisotopic (exact) mass is 211 g/mol. The Hall–Kier alpha value is -0.630. The molecule has 0 aromatic rings. The molecular formula is C13H25NO. The summed E-state index contributed by atoms with van der Waals surface area (Å²) in [4.78, 5) is 12.1. The lowest BCUT2D eigenvalue weighted by molar-refractivity contribution is -0.128. The van der Waals surface area contributed by atoms with Gasteiger partial charge in [0, 0.05) is 11.0 Å². The molecule has 88 valence electrons. The summed E-state index contributed by atoms with van der Waals surface area (Å²) in [7, 11) is 0. The van der Waals surface area contributed by atoms with E-state index in [-0.39, 0.29) is 22.8 Å². The van der Waals surface area contributed by atoms with E-state index in [2.05, 4.69) is 32.7 Å². The summed E-state index contributed by atoms with van der Waals surface area (Å²) in [6, 6.07) is -0.123. The number of ketones is 1. The maximum atomic E-state index is 12.1. The van der Waals surface area contributed by atoms with Crippen LogP contribution in [-0.4, -0.2) is 17.4 Å². The summed E-state index contributed by atoms with van der Waals surface area (Å²) < 4.78 is 0. The van der Waals surface area contributed by atoms with Crippen molar-refractivity contribution in [3.05, 3.63) is 12.7 Å². The van der Waals surface area contributed by atoms with E-state index in [1.54, 1.807) is 6.08 Å². The highest BCUT2D eigenvalue weighted by Gasteiger charge is 2.30. The predicted octanol–water partition coefficient (Wildman–Crippen LogP) is 2.93. The van der Waals surface area contributed by atoms with Crippen LogP contribution in [0.5, 0.6) is 0 Å². The van der Waals surface area contributed by atoms with Gasteiger partial charge < -0.3 is 5.32 Å². The normalized spacial score (nSPS) is 14.8. The van der Waals surface area contributed by atoms with Gasteiger partial charge in [0.1, 0.15) is 0 Å². The van der Waals surface area contributed by atoms with Crippen LogP contribution in [0.15, 0.2) is 12.7 Å². The van der Waals surface area contributed by atoms with Crippen molar-refractivity contribution in [1.29, 1.82) is 0 Å². The number of carbonyl (C=O) groups excluding carboxylic acids is 1. The smallest absolute Gasteiger partial charge is 0.155 e. The third-order valence-corrected chi connectivity index (χ3v) is 2.07. The topological polar surface area (TPSA) is 29.1 Å². The lowest BCUT2D eigenvalue weighted by Crippen LogP contribution is -2.50. The summed E-state index contributed by atoms with van der Waals surface area (Å²) in [6.07, 6.45) is 2.49. The van der Waals surface area contributed by atoms with Crippen molar-refractivity contribution >= 4 is 5.78 Å². The van der Waals surface area contributed by atoms with E-state index in [0.717, 1.165) is 0 Å². The first-order chi connectivity index (χ1) is 6.58. The first-order valence-corrected chi connectivity index (χ1v) is 5.51. The highest BCUT2D eigenvalue weighted by atomic mass is 16.1. The van der Waals surface area contributed by atoms with Crippen LogP contribution in [0.2, 0.25) is 0 Å². The molecule has 0 aromatic carbocycles. The molecule has 1 N–H and O–H groups in total. The Labute approximate surface area is 94.1 Å². The molecule has 0 bridgehead atoms. The Bertz CT molecular complexity index is 230. The van der Waals surface area contributed by atoms with Crippen LogP contribution in [0, 0.1) is 5.41 Å². The second-order valence-corrected chi connectivity index (χ2v) is 6.09. The summed E-state index contributed by atoms with van der Waals surface area (Å²) in [5.74, 6) is 0.248. The predicted molar refractivity (Wildman–Crippen MR) is 66.0 cm³/mol. The van der Waals surface area contributed by atoms with Crippen molar-refractivity contribution in [2.75, 3.05) is 0 Å². The molecule has 0 heterocycles.